The minimum atomic E-state index is -0.926. The van der Waals surface area contributed by atoms with E-state index in [1.807, 2.05) is 31.9 Å². The van der Waals surface area contributed by atoms with Gasteiger partial charge in [0.1, 0.15) is 0 Å². The van der Waals surface area contributed by atoms with Crippen molar-refractivity contribution < 1.29 is 9.90 Å². The number of aromatic nitrogens is 3. The van der Waals surface area contributed by atoms with E-state index in [0.717, 1.165) is 24.3 Å². The van der Waals surface area contributed by atoms with E-state index >= 15 is 0 Å². The molecule has 0 atom stereocenters. The second-order valence-corrected chi connectivity index (χ2v) is 5.30. The van der Waals surface area contributed by atoms with Crippen LogP contribution in [0.3, 0.4) is 0 Å². The molecule has 6 nitrogen and oxygen atoms in total. The Kier molecular flexibility index (Phi) is 4.70. The molecule has 0 fully saturated rings. The highest BCUT2D eigenvalue weighted by Gasteiger charge is 2.13. The minimum absolute atomic E-state index is 0.297. The fourth-order valence-corrected chi connectivity index (χ4v) is 2.16. The lowest BCUT2D eigenvalue weighted by molar-refractivity contribution is 0.0695. The Hall–Kier alpha value is -2.21. The molecular formula is C15H20N4O2. The monoisotopic (exact) mass is 288 g/mol. The first-order chi connectivity index (χ1) is 9.99. The second-order valence-electron chi connectivity index (χ2n) is 5.30. The number of carbonyl (C=O) groups is 1. The fourth-order valence-electron chi connectivity index (χ4n) is 2.16. The normalized spacial score (nSPS) is 11.0. The molecule has 0 aromatic carbocycles. The van der Waals surface area contributed by atoms with Crippen LogP contribution in [0, 0.1) is 6.92 Å². The zero-order chi connectivity index (χ0) is 15.4. The Morgan fingerprint density at radius 2 is 2.10 bits per heavy atom. The number of rotatable bonds is 6. The summed E-state index contributed by atoms with van der Waals surface area (Å²) in [7, 11) is 4.04. The van der Waals surface area contributed by atoms with Gasteiger partial charge in [0.15, 0.2) is 0 Å². The topological polar surface area (TPSA) is 71.2 Å². The summed E-state index contributed by atoms with van der Waals surface area (Å²) in [6.45, 7) is 3.74. The fraction of sp³-hybridized carbons (Fsp3) is 0.400. The molecule has 2 rings (SSSR count). The number of carboxylic acid groups (broad SMARTS) is 1. The van der Waals surface area contributed by atoms with E-state index in [2.05, 4.69) is 15.0 Å². The van der Waals surface area contributed by atoms with Crippen molar-refractivity contribution >= 4 is 5.97 Å². The lowest BCUT2D eigenvalue weighted by Gasteiger charge is -2.11. The highest BCUT2D eigenvalue weighted by Crippen LogP contribution is 2.16. The third-order valence-electron chi connectivity index (χ3n) is 3.48. The van der Waals surface area contributed by atoms with Crippen LogP contribution in [-0.4, -0.2) is 51.4 Å². The molecule has 0 aliphatic rings. The van der Waals surface area contributed by atoms with Crippen LogP contribution in [-0.2, 0) is 13.0 Å². The van der Waals surface area contributed by atoms with Crippen LogP contribution in [0.25, 0.3) is 0 Å². The van der Waals surface area contributed by atoms with Gasteiger partial charge in [0.2, 0.25) is 0 Å². The van der Waals surface area contributed by atoms with E-state index in [1.165, 1.54) is 12.3 Å². The summed E-state index contributed by atoms with van der Waals surface area (Å²) < 4.78 is 1.95. The highest BCUT2D eigenvalue weighted by molar-refractivity contribution is 5.89. The number of nitrogens with zero attached hydrogens (tertiary/aromatic N) is 4. The number of hydrogen-bond donors (Lipinski definition) is 1. The predicted octanol–water partition coefficient (Wildman–Crippen LogP) is 1.44. The standard InChI is InChI=1S/C15H20N4O2/c1-11-12(10-17-19(11)7-6-18(2)3)8-13-9-16-5-4-14(13)15(20)21/h4-5,9-10H,6-8H2,1-3H3,(H,20,21). The Bertz CT molecular complexity index is 634. The van der Waals surface area contributed by atoms with Crippen molar-refractivity contribution in [2.45, 2.75) is 19.9 Å². The van der Waals surface area contributed by atoms with Gasteiger partial charge in [-0.3, -0.25) is 9.67 Å². The summed E-state index contributed by atoms with van der Waals surface area (Å²) in [4.78, 5) is 17.3. The van der Waals surface area contributed by atoms with E-state index in [0.29, 0.717) is 17.5 Å². The maximum absolute atomic E-state index is 11.2. The Morgan fingerprint density at radius 1 is 1.33 bits per heavy atom. The van der Waals surface area contributed by atoms with Crippen LogP contribution in [0.4, 0.5) is 0 Å². The second kappa shape index (κ2) is 6.49. The van der Waals surface area contributed by atoms with Crippen molar-refractivity contribution in [2.24, 2.45) is 0 Å². The summed E-state index contributed by atoms with van der Waals surface area (Å²) >= 11 is 0. The van der Waals surface area contributed by atoms with Crippen molar-refractivity contribution in [3.63, 3.8) is 0 Å². The quantitative estimate of drug-likeness (QED) is 0.871. The van der Waals surface area contributed by atoms with Crippen LogP contribution in [0.15, 0.2) is 24.7 Å². The molecule has 2 aromatic rings. The maximum atomic E-state index is 11.2. The number of aromatic carboxylic acids is 1. The molecule has 2 aromatic heterocycles. The Labute approximate surface area is 124 Å². The molecule has 0 aliphatic carbocycles. The first-order valence-electron chi connectivity index (χ1n) is 6.81. The summed E-state index contributed by atoms with van der Waals surface area (Å²) in [5.74, 6) is -0.926. The van der Waals surface area contributed by atoms with Crippen molar-refractivity contribution in [2.75, 3.05) is 20.6 Å². The molecule has 0 radical (unpaired) electrons. The maximum Gasteiger partial charge on any atom is 0.336 e. The first-order valence-corrected chi connectivity index (χ1v) is 6.81. The largest absolute Gasteiger partial charge is 0.478 e. The molecule has 6 heteroatoms. The molecule has 0 bridgehead atoms. The molecule has 0 spiro atoms. The van der Waals surface area contributed by atoms with Gasteiger partial charge in [-0.15, -0.1) is 0 Å². The average molecular weight is 288 g/mol. The van der Waals surface area contributed by atoms with Crippen LogP contribution in [0.1, 0.15) is 27.2 Å². The van der Waals surface area contributed by atoms with Crippen LogP contribution >= 0.6 is 0 Å². The van der Waals surface area contributed by atoms with E-state index in [9.17, 15) is 9.90 Å². The van der Waals surface area contributed by atoms with Crippen molar-refractivity contribution in [1.29, 1.82) is 0 Å². The molecule has 0 aliphatic heterocycles. The third-order valence-corrected chi connectivity index (χ3v) is 3.48. The smallest absolute Gasteiger partial charge is 0.336 e. The first kappa shape index (κ1) is 15.2. The van der Waals surface area contributed by atoms with E-state index in [-0.39, 0.29) is 0 Å². The molecule has 0 amide bonds. The Morgan fingerprint density at radius 3 is 2.76 bits per heavy atom. The third kappa shape index (κ3) is 3.66. The van der Waals surface area contributed by atoms with Crippen LogP contribution < -0.4 is 0 Å². The van der Waals surface area contributed by atoms with Gasteiger partial charge in [0, 0.05) is 31.1 Å². The zero-order valence-electron chi connectivity index (χ0n) is 12.6. The van der Waals surface area contributed by atoms with Gasteiger partial charge in [-0.05, 0) is 38.2 Å². The van der Waals surface area contributed by atoms with Gasteiger partial charge in [-0.2, -0.15) is 5.10 Å². The lowest BCUT2D eigenvalue weighted by atomic mass is 10.0. The molecule has 112 valence electrons. The van der Waals surface area contributed by atoms with Gasteiger partial charge in [-0.1, -0.05) is 0 Å². The predicted molar refractivity (Wildman–Crippen MR) is 79.5 cm³/mol. The summed E-state index contributed by atoms with van der Waals surface area (Å²) in [6.07, 6.45) is 5.45. The summed E-state index contributed by atoms with van der Waals surface area (Å²) in [5.41, 5.74) is 3.10. The SMILES string of the molecule is Cc1c(Cc2cnccc2C(=O)O)cnn1CCN(C)C. The van der Waals surface area contributed by atoms with E-state index in [1.54, 1.807) is 6.20 Å². The molecule has 0 saturated heterocycles. The summed E-state index contributed by atoms with van der Waals surface area (Å²) in [6, 6.07) is 1.53. The summed E-state index contributed by atoms with van der Waals surface area (Å²) in [5, 5.41) is 13.6. The molecule has 21 heavy (non-hydrogen) atoms. The van der Waals surface area contributed by atoms with Crippen molar-refractivity contribution in [3.05, 3.63) is 47.0 Å². The zero-order valence-corrected chi connectivity index (χ0v) is 12.6. The van der Waals surface area contributed by atoms with Gasteiger partial charge >= 0.3 is 5.97 Å². The number of likely N-dealkylation sites (N-methyl/N-ethyl adjacent to an activating group) is 1. The average Bonchev–Trinajstić information content (AvgIpc) is 2.78. The van der Waals surface area contributed by atoms with E-state index in [4.69, 9.17) is 0 Å². The van der Waals surface area contributed by atoms with Crippen molar-refractivity contribution in [1.82, 2.24) is 19.7 Å². The number of hydrogen-bond acceptors (Lipinski definition) is 4. The van der Waals surface area contributed by atoms with Crippen LogP contribution in [0.2, 0.25) is 0 Å². The van der Waals surface area contributed by atoms with Crippen LogP contribution in [0.5, 0.6) is 0 Å². The Balaban J connectivity index is 2.19. The van der Waals surface area contributed by atoms with Gasteiger partial charge in [0.05, 0.1) is 18.3 Å². The molecular weight excluding hydrogens is 268 g/mol. The minimum Gasteiger partial charge on any atom is -0.478 e. The lowest BCUT2D eigenvalue weighted by Crippen LogP contribution is -2.19. The van der Waals surface area contributed by atoms with E-state index < -0.39 is 5.97 Å². The number of pyridine rings is 1. The van der Waals surface area contributed by atoms with Crippen molar-refractivity contribution in [3.8, 4) is 0 Å². The molecule has 2 heterocycles. The molecule has 1 N–H and O–H groups in total. The van der Waals surface area contributed by atoms with Gasteiger partial charge in [0.25, 0.3) is 0 Å². The van der Waals surface area contributed by atoms with Gasteiger partial charge in [-0.25, -0.2) is 4.79 Å². The van der Waals surface area contributed by atoms with Gasteiger partial charge < -0.3 is 10.0 Å². The molecule has 0 unspecified atom stereocenters. The number of carboxylic acids is 1. The molecule has 0 saturated carbocycles. The highest BCUT2D eigenvalue weighted by atomic mass is 16.4.